The third-order valence-electron chi connectivity index (χ3n) is 6.64. The number of aromatic nitrogens is 2. The number of hydrogen-bond acceptors (Lipinski definition) is 5. The largest absolute Gasteiger partial charge is 0.381 e. The molecule has 1 aromatic rings. The highest BCUT2D eigenvalue weighted by Gasteiger charge is 2.35. The minimum Gasteiger partial charge on any atom is -0.381 e. The lowest BCUT2D eigenvalue weighted by molar-refractivity contribution is -0.135. The molecule has 1 N–H and O–H groups in total. The van der Waals surface area contributed by atoms with Gasteiger partial charge >= 0.3 is 0 Å². The van der Waals surface area contributed by atoms with Gasteiger partial charge < -0.3 is 15.0 Å². The van der Waals surface area contributed by atoms with Crippen molar-refractivity contribution in [3.05, 3.63) is 18.0 Å². The van der Waals surface area contributed by atoms with E-state index in [2.05, 4.69) is 15.3 Å². The summed E-state index contributed by atoms with van der Waals surface area (Å²) in [4.78, 5) is 30.3. The molecule has 160 valence electrons. The van der Waals surface area contributed by atoms with Gasteiger partial charge in [0.05, 0.1) is 5.92 Å². The zero-order valence-electron chi connectivity index (χ0n) is 17.4. The SMILES string of the molecule is Cn1nccc1C(=O)N[C@H]1CC[C@@H](C(=O)N2CCCC2)CN(C2CCOCC2)C1. The molecule has 2 atom stereocenters. The highest BCUT2D eigenvalue weighted by Crippen LogP contribution is 2.25. The molecular formula is C21H33N5O3. The molecule has 0 bridgehead atoms. The van der Waals surface area contributed by atoms with E-state index in [9.17, 15) is 9.59 Å². The number of ether oxygens (including phenoxy) is 1. The Hall–Kier alpha value is -1.93. The molecular weight excluding hydrogens is 370 g/mol. The molecule has 3 aliphatic rings. The first-order valence-corrected chi connectivity index (χ1v) is 11.0. The van der Waals surface area contributed by atoms with E-state index in [4.69, 9.17) is 4.74 Å². The van der Waals surface area contributed by atoms with Gasteiger partial charge in [0.15, 0.2) is 0 Å². The van der Waals surface area contributed by atoms with E-state index in [1.807, 2.05) is 4.90 Å². The molecule has 0 radical (unpaired) electrons. The van der Waals surface area contributed by atoms with E-state index in [-0.39, 0.29) is 17.9 Å². The predicted octanol–water partition coefficient (Wildman–Crippen LogP) is 1.03. The normalized spacial score (nSPS) is 27.0. The fourth-order valence-electron chi connectivity index (χ4n) is 4.95. The van der Waals surface area contributed by atoms with Crippen LogP contribution in [0.5, 0.6) is 0 Å². The number of carbonyl (C=O) groups excluding carboxylic acids is 2. The van der Waals surface area contributed by atoms with Crippen LogP contribution in [0.15, 0.2) is 12.3 Å². The Labute approximate surface area is 172 Å². The highest BCUT2D eigenvalue weighted by atomic mass is 16.5. The standard InChI is InChI=1S/C21H33N5O3/c1-24-19(6-9-22-24)20(27)23-17-5-4-16(21(28)25-10-2-3-11-25)14-26(15-17)18-7-12-29-13-8-18/h6,9,16-18H,2-5,7-8,10-15H2,1H3,(H,23,27)/t16-,17+/m1/s1. The lowest BCUT2D eigenvalue weighted by atomic mass is 9.99. The fourth-order valence-corrected chi connectivity index (χ4v) is 4.95. The number of carbonyl (C=O) groups is 2. The van der Waals surface area contributed by atoms with Crippen molar-refractivity contribution in [1.29, 1.82) is 0 Å². The Morgan fingerprint density at radius 2 is 1.86 bits per heavy atom. The van der Waals surface area contributed by atoms with Crippen LogP contribution in [0.1, 0.15) is 49.0 Å². The summed E-state index contributed by atoms with van der Waals surface area (Å²) in [6, 6.07) is 2.20. The third-order valence-corrected chi connectivity index (χ3v) is 6.64. The molecule has 8 nitrogen and oxygen atoms in total. The molecule has 0 saturated carbocycles. The van der Waals surface area contributed by atoms with E-state index in [1.165, 1.54) is 0 Å². The smallest absolute Gasteiger partial charge is 0.269 e. The van der Waals surface area contributed by atoms with Crippen LogP contribution in [-0.2, 0) is 16.6 Å². The minimum absolute atomic E-state index is 0.0227. The van der Waals surface area contributed by atoms with Gasteiger partial charge in [0.1, 0.15) is 5.69 Å². The quantitative estimate of drug-likeness (QED) is 0.812. The van der Waals surface area contributed by atoms with Crippen LogP contribution in [0.2, 0.25) is 0 Å². The first-order chi connectivity index (χ1) is 14.1. The topological polar surface area (TPSA) is 79.7 Å². The van der Waals surface area contributed by atoms with E-state index in [0.717, 1.165) is 77.9 Å². The minimum atomic E-state index is -0.0914. The van der Waals surface area contributed by atoms with Gasteiger partial charge in [-0.25, -0.2) is 0 Å². The number of nitrogens with zero attached hydrogens (tertiary/aromatic N) is 4. The molecule has 1 aromatic heterocycles. The summed E-state index contributed by atoms with van der Waals surface area (Å²) in [5.74, 6) is 0.235. The van der Waals surface area contributed by atoms with Gasteiger partial charge in [-0.05, 0) is 44.6 Å². The van der Waals surface area contributed by atoms with Crippen molar-refractivity contribution in [1.82, 2.24) is 24.9 Å². The van der Waals surface area contributed by atoms with Crippen LogP contribution in [0, 0.1) is 5.92 Å². The summed E-state index contributed by atoms with van der Waals surface area (Å²) >= 11 is 0. The number of likely N-dealkylation sites (tertiary alicyclic amines) is 2. The summed E-state index contributed by atoms with van der Waals surface area (Å²) in [5.41, 5.74) is 0.566. The Balaban J connectivity index is 1.46. The maximum absolute atomic E-state index is 13.1. The molecule has 0 unspecified atom stereocenters. The summed E-state index contributed by atoms with van der Waals surface area (Å²) in [7, 11) is 1.78. The summed E-state index contributed by atoms with van der Waals surface area (Å²) < 4.78 is 7.15. The van der Waals surface area contributed by atoms with Crippen molar-refractivity contribution >= 4 is 11.8 Å². The molecule has 0 aliphatic carbocycles. The molecule has 3 fully saturated rings. The van der Waals surface area contributed by atoms with Crippen LogP contribution >= 0.6 is 0 Å². The Morgan fingerprint density at radius 1 is 1.10 bits per heavy atom. The summed E-state index contributed by atoms with van der Waals surface area (Å²) in [5, 5.41) is 7.30. The van der Waals surface area contributed by atoms with Crippen LogP contribution in [0.25, 0.3) is 0 Å². The first kappa shape index (κ1) is 20.3. The molecule has 8 heteroatoms. The van der Waals surface area contributed by atoms with E-state index < -0.39 is 0 Å². The van der Waals surface area contributed by atoms with Crippen molar-refractivity contribution in [3.63, 3.8) is 0 Å². The van der Waals surface area contributed by atoms with Gasteiger partial charge in [-0.1, -0.05) is 0 Å². The highest BCUT2D eigenvalue weighted by molar-refractivity contribution is 5.92. The molecule has 3 saturated heterocycles. The average molecular weight is 404 g/mol. The van der Waals surface area contributed by atoms with Crippen molar-refractivity contribution in [2.45, 2.75) is 50.6 Å². The summed E-state index contributed by atoms with van der Waals surface area (Å²) in [6.45, 7) is 4.92. The first-order valence-electron chi connectivity index (χ1n) is 11.0. The van der Waals surface area contributed by atoms with E-state index >= 15 is 0 Å². The lowest BCUT2D eigenvalue weighted by Crippen LogP contribution is -2.49. The molecule has 0 spiro atoms. The van der Waals surface area contributed by atoms with Gasteiger partial charge in [0, 0.05) is 64.7 Å². The lowest BCUT2D eigenvalue weighted by Gasteiger charge is -2.36. The van der Waals surface area contributed by atoms with Crippen LogP contribution in [0.3, 0.4) is 0 Å². The second-order valence-electron chi connectivity index (χ2n) is 8.61. The Morgan fingerprint density at radius 3 is 2.55 bits per heavy atom. The Kier molecular flexibility index (Phi) is 6.50. The average Bonchev–Trinajstić information content (AvgIpc) is 3.37. The fraction of sp³-hybridized carbons (Fsp3) is 0.762. The molecule has 29 heavy (non-hydrogen) atoms. The monoisotopic (exact) mass is 403 g/mol. The third kappa shape index (κ3) is 4.80. The van der Waals surface area contributed by atoms with Crippen molar-refractivity contribution in [2.75, 3.05) is 39.4 Å². The van der Waals surface area contributed by atoms with Gasteiger partial charge in [-0.2, -0.15) is 5.10 Å². The van der Waals surface area contributed by atoms with Gasteiger partial charge in [-0.15, -0.1) is 0 Å². The van der Waals surface area contributed by atoms with Crippen molar-refractivity contribution < 1.29 is 14.3 Å². The number of aryl methyl sites for hydroxylation is 1. The predicted molar refractivity (Wildman–Crippen MR) is 108 cm³/mol. The second-order valence-corrected chi connectivity index (χ2v) is 8.61. The van der Waals surface area contributed by atoms with E-state index in [0.29, 0.717) is 17.6 Å². The maximum atomic E-state index is 13.1. The van der Waals surface area contributed by atoms with Crippen LogP contribution in [0.4, 0.5) is 0 Å². The molecule has 0 aromatic carbocycles. The number of amides is 2. The van der Waals surface area contributed by atoms with Crippen molar-refractivity contribution in [3.8, 4) is 0 Å². The molecule has 4 rings (SSSR count). The Bertz CT molecular complexity index is 709. The molecule has 4 heterocycles. The van der Waals surface area contributed by atoms with Gasteiger partial charge in [0.2, 0.25) is 5.91 Å². The number of nitrogens with one attached hydrogen (secondary N) is 1. The van der Waals surface area contributed by atoms with Crippen LogP contribution in [-0.4, -0.2) is 82.9 Å². The van der Waals surface area contributed by atoms with Crippen molar-refractivity contribution in [2.24, 2.45) is 13.0 Å². The zero-order chi connectivity index (χ0) is 20.2. The number of rotatable bonds is 4. The maximum Gasteiger partial charge on any atom is 0.269 e. The molecule has 2 amide bonds. The second kappa shape index (κ2) is 9.26. The van der Waals surface area contributed by atoms with Gasteiger partial charge in [0.25, 0.3) is 5.91 Å². The number of hydrogen-bond donors (Lipinski definition) is 1. The molecule has 3 aliphatic heterocycles. The van der Waals surface area contributed by atoms with E-state index in [1.54, 1.807) is 24.0 Å². The van der Waals surface area contributed by atoms with Crippen LogP contribution < -0.4 is 5.32 Å². The van der Waals surface area contributed by atoms with Gasteiger partial charge in [-0.3, -0.25) is 19.2 Å². The summed E-state index contributed by atoms with van der Waals surface area (Å²) in [6.07, 6.45) is 7.51. The zero-order valence-corrected chi connectivity index (χ0v) is 17.4.